The summed E-state index contributed by atoms with van der Waals surface area (Å²) in [6, 6.07) is 0. The number of primary amides is 2. The van der Waals surface area contributed by atoms with Gasteiger partial charge in [0.05, 0.1) is 16.7 Å². The lowest BCUT2D eigenvalue weighted by atomic mass is 10.1. The minimum Gasteiger partial charge on any atom is -0.456 e. The largest absolute Gasteiger partial charge is 0.456 e. The monoisotopic (exact) mass is 876 g/mol. The van der Waals surface area contributed by atoms with Crippen LogP contribution in [-0.2, 0) is 28.7 Å². The SMILES string of the molecule is CC(=O)OCC(N)=O.CC(=O)OCC(N)=O.O=C(Cl)c1c(I)c(C(=O)Cl)c(I)c(C(=O)Cl)c1I. The van der Waals surface area contributed by atoms with Gasteiger partial charge in [-0.15, -0.1) is 0 Å². The molecule has 0 bridgehead atoms. The first-order valence-electron chi connectivity index (χ1n) is 8.08. The first-order valence-corrected chi connectivity index (χ1v) is 12.5. The Bertz CT molecular complexity index is 862. The van der Waals surface area contributed by atoms with E-state index < -0.39 is 39.5 Å². The lowest BCUT2D eigenvalue weighted by molar-refractivity contribution is -0.145. The Morgan fingerprint density at radius 1 is 0.618 bits per heavy atom. The molecule has 4 N–H and O–H groups in total. The number of nitrogens with two attached hydrogens (primary N) is 2. The molecule has 188 valence electrons. The summed E-state index contributed by atoms with van der Waals surface area (Å²) in [6.45, 7) is 1.77. The van der Waals surface area contributed by atoms with E-state index in [9.17, 15) is 33.6 Å². The van der Waals surface area contributed by atoms with E-state index in [1.807, 2.05) is 0 Å². The van der Waals surface area contributed by atoms with Crippen molar-refractivity contribution in [1.82, 2.24) is 0 Å². The second-order valence-electron chi connectivity index (χ2n) is 5.38. The average Bonchev–Trinajstić information content (AvgIpc) is 2.64. The van der Waals surface area contributed by atoms with E-state index in [0.29, 0.717) is 10.7 Å². The topological polar surface area (TPSA) is 190 Å². The van der Waals surface area contributed by atoms with E-state index in [1.165, 1.54) is 13.8 Å². The molecule has 0 radical (unpaired) electrons. The van der Waals surface area contributed by atoms with Crippen LogP contribution >= 0.6 is 103 Å². The number of carbonyl (C=O) groups excluding carboxylic acids is 7. The number of ether oxygens (including phenoxy) is 2. The number of hydrogen-bond acceptors (Lipinski definition) is 9. The fraction of sp³-hybridized carbons (Fsp3) is 0.235. The summed E-state index contributed by atoms with van der Waals surface area (Å²) in [5.41, 5.74) is 9.43. The summed E-state index contributed by atoms with van der Waals surface area (Å²) in [4.78, 5) is 73.7. The van der Waals surface area contributed by atoms with Crippen molar-refractivity contribution < 1.29 is 43.0 Å². The minimum absolute atomic E-state index is 0.0614. The van der Waals surface area contributed by atoms with Gasteiger partial charge in [-0.2, -0.15) is 0 Å². The molecule has 0 saturated heterocycles. The first-order chi connectivity index (χ1) is 15.4. The van der Waals surface area contributed by atoms with E-state index in [0.717, 1.165) is 0 Å². The predicted octanol–water partition coefficient (Wildman–Crippen LogP) is 2.71. The molecule has 0 aromatic heterocycles. The lowest BCUT2D eigenvalue weighted by Crippen LogP contribution is -2.19. The van der Waals surface area contributed by atoms with E-state index in [2.05, 4.69) is 20.9 Å². The van der Waals surface area contributed by atoms with Gasteiger partial charge in [-0.25, -0.2) is 0 Å². The molecule has 0 aliphatic rings. The molecule has 1 aromatic rings. The van der Waals surface area contributed by atoms with Crippen LogP contribution in [0.3, 0.4) is 0 Å². The van der Waals surface area contributed by atoms with Gasteiger partial charge in [-0.05, 0) is 103 Å². The Morgan fingerprint density at radius 3 is 0.912 bits per heavy atom. The molecule has 0 fully saturated rings. The van der Waals surface area contributed by atoms with Gasteiger partial charge < -0.3 is 20.9 Å². The van der Waals surface area contributed by atoms with Crippen molar-refractivity contribution in [2.75, 3.05) is 13.2 Å². The third-order valence-electron chi connectivity index (χ3n) is 2.74. The van der Waals surface area contributed by atoms with Gasteiger partial charge in [0.15, 0.2) is 13.2 Å². The molecule has 0 heterocycles. The maximum Gasteiger partial charge on any atom is 0.303 e. The van der Waals surface area contributed by atoms with E-state index in [1.54, 1.807) is 67.8 Å². The van der Waals surface area contributed by atoms with Crippen LogP contribution in [0, 0.1) is 10.7 Å². The number of halogens is 6. The highest BCUT2D eigenvalue weighted by atomic mass is 127. The van der Waals surface area contributed by atoms with Crippen molar-refractivity contribution in [3.8, 4) is 0 Å². The van der Waals surface area contributed by atoms with E-state index >= 15 is 0 Å². The van der Waals surface area contributed by atoms with Crippen molar-refractivity contribution in [2.45, 2.75) is 13.8 Å². The summed E-state index contributed by atoms with van der Waals surface area (Å²) < 4.78 is 9.30. The van der Waals surface area contributed by atoms with Crippen LogP contribution in [0.2, 0.25) is 0 Å². The van der Waals surface area contributed by atoms with Gasteiger partial charge in [0.1, 0.15) is 0 Å². The van der Waals surface area contributed by atoms with Gasteiger partial charge >= 0.3 is 11.9 Å². The summed E-state index contributed by atoms with van der Waals surface area (Å²) in [6.07, 6.45) is 0. The molecule has 2 amide bonds. The van der Waals surface area contributed by atoms with Gasteiger partial charge in [0.25, 0.3) is 27.5 Å². The molecule has 17 heteroatoms. The third-order valence-corrected chi connectivity index (χ3v) is 6.55. The maximum absolute atomic E-state index is 11.4. The van der Waals surface area contributed by atoms with Crippen LogP contribution < -0.4 is 11.5 Å². The Morgan fingerprint density at radius 2 is 0.824 bits per heavy atom. The summed E-state index contributed by atoms with van der Waals surface area (Å²) in [5, 5.41) is -2.34. The van der Waals surface area contributed by atoms with Crippen LogP contribution in [0.1, 0.15) is 44.9 Å². The van der Waals surface area contributed by atoms with Crippen molar-refractivity contribution in [2.24, 2.45) is 11.5 Å². The molecule has 34 heavy (non-hydrogen) atoms. The van der Waals surface area contributed by atoms with Crippen LogP contribution in [0.25, 0.3) is 0 Å². The molecule has 1 aromatic carbocycles. The number of carbonyl (C=O) groups is 7. The minimum atomic E-state index is -0.779. The zero-order valence-electron chi connectivity index (χ0n) is 17.0. The van der Waals surface area contributed by atoms with Crippen LogP contribution in [0.5, 0.6) is 0 Å². The zero-order valence-corrected chi connectivity index (χ0v) is 25.8. The Hall–Kier alpha value is -0.830. The van der Waals surface area contributed by atoms with Gasteiger partial charge in [-0.1, -0.05) is 0 Å². The number of rotatable bonds is 7. The van der Waals surface area contributed by atoms with Crippen molar-refractivity contribution in [3.63, 3.8) is 0 Å². The fourth-order valence-electron chi connectivity index (χ4n) is 1.53. The molecule has 0 unspecified atom stereocenters. The molecule has 0 saturated carbocycles. The quantitative estimate of drug-likeness (QED) is 0.236. The number of esters is 2. The molecule has 11 nitrogen and oxygen atoms in total. The zero-order chi connectivity index (χ0) is 27.3. The highest BCUT2D eigenvalue weighted by Crippen LogP contribution is 2.34. The molecule has 0 spiro atoms. The Labute approximate surface area is 248 Å². The van der Waals surface area contributed by atoms with Gasteiger partial charge in [-0.3, -0.25) is 33.6 Å². The van der Waals surface area contributed by atoms with Crippen molar-refractivity contribution in [3.05, 3.63) is 27.4 Å². The summed E-state index contributed by atoms with van der Waals surface area (Å²) >= 11 is 21.7. The summed E-state index contributed by atoms with van der Waals surface area (Å²) in [5.74, 6) is -2.27. The average molecular weight is 877 g/mol. The van der Waals surface area contributed by atoms with Crippen molar-refractivity contribution >= 4 is 142 Å². The predicted molar refractivity (Wildman–Crippen MR) is 147 cm³/mol. The van der Waals surface area contributed by atoms with Gasteiger partial charge in [0.2, 0.25) is 0 Å². The molecule has 1 rings (SSSR count). The Kier molecular flexibility index (Phi) is 18.3. The third kappa shape index (κ3) is 13.9. The standard InChI is InChI=1S/C9Cl3I3O3.2C4H7NO3/c10-7(16)1-4(13)2(8(11)17)6(15)3(5(1)14)9(12)18;2*1-3(6)8-2-4(5)7/h;2*2H2,1H3,(H2,5,7). The highest BCUT2D eigenvalue weighted by molar-refractivity contribution is 14.1. The molecule has 0 atom stereocenters. The number of benzene rings is 1. The van der Waals surface area contributed by atoms with Crippen LogP contribution in [-0.4, -0.2) is 52.7 Å². The van der Waals surface area contributed by atoms with E-state index in [-0.39, 0.29) is 29.9 Å². The van der Waals surface area contributed by atoms with Gasteiger partial charge in [0, 0.05) is 24.6 Å². The molecular weight excluding hydrogens is 863 g/mol. The first kappa shape index (κ1) is 35.3. The Balaban J connectivity index is 0. The summed E-state index contributed by atoms with van der Waals surface area (Å²) in [7, 11) is 0. The molecular formula is C17H14Cl3I3N2O9. The molecule has 0 aliphatic heterocycles. The van der Waals surface area contributed by atoms with Crippen molar-refractivity contribution in [1.29, 1.82) is 0 Å². The van der Waals surface area contributed by atoms with Crippen LogP contribution in [0.15, 0.2) is 0 Å². The van der Waals surface area contributed by atoms with Crippen LogP contribution in [0.4, 0.5) is 0 Å². The number of hydrogen-bond donors (Lipinski definition) is 2. The lowest BCUT2D eigenvalue weighted by Gasteiger charge is -2.13. The second-order valence-corrected chi connectivity index (χ2v) is 9.65. The highest BCUT2D eigenvalue weighted by Gasteiger charge is 2.28. The fourth-order valence-corrected chi connectivity index (χ4v) is 7.69. The van der Waals surface area contributed by atoms with E-state index in [4.69, 9.17) is 34.8 Å². The maximum atomic E-state index is 11.4. The smallest absolute Gasteiger partial charge is 0.303 e. The second kappa shape index (κ2) is 17.6. The normalized spacial score (nSPS) is 9.29. The molecule has 0 aliphatic carbocycles. The number of amides is 2.